The lowest BCUT2D eigenvalue weighted by molar-refractivity contribution is -0.138. The lowest BCUT2D eigenvalue weighted by atomic mass is 9.96. The minimum Gasteiger partial charge on any atom is -0.468 e. The Hall–Kier alpha value is -3.32. The maximum Gasteiger partial charge on any atom is 0.357 e. The number of esters is 2. The number of fused-ring (bicyclic) bond motifs is 1. The Kier molecular flexibility index (Phi) is 5.89. The standard InChI is InChI=1S/C21H19ClN2O5/c1-12-4-6-13(7-5-12)18-16-10-14(22)8-9-15(16)20(26)24(19(18)21(27)29-3)23-11-17(25)28-2/h4-10,23H,11H2,1-3H3. The molecule has 0 fully saturated rings. The third-order valence-corrected chi connectivity index (χ3v) is 4.71. The fraction of sp³-hybridized carbons (Fsp3) is 0.190. The van der Waals surface area contributed by atoms with Crippen LogP contribution in [0, 0.1) is 6.92 Å². The zero-order chi connectivity index (χ0) is 21.1. The van der Waals surface area contributed by atoms with Gasteiger partial charge in [-0.05, 0) is 36.1 Å². The molecule has 150 valence electrons. The van der Waals surface area contributed by atoms with E-state index in [1.165, 1.54) is 14.2 Å². The number of methoxy groups -OCH3 is 2. The Bertz CT molecular complexity index is 1150. The second kappa shape index (κ2) is 8.36. The molecular weight excluding hydrogens is 396 g/mol. The van der Waals surface area contributed by atoms with Crippen LogP contribution in [0.1, 0.15) is 16.1 Å². The zero-order valence-corrected chi connectivity index (χ0v) is 16.9. The van der Waals surface area contributed by atoms with Crippen LogP contribution in [0.4, 0.5) is 0 Å². The van der Waals surface area contributed by atoms with Crippen molar-refractivity contribution in [3.05, 3.63) is 69.1 Å². The Morgan fingerprint density at radius 3 is 2.34 bits per heavy atom. The van der Waals surface area contributed by atoms with Crippen molar-refractivity contribution in [1.29, 1.82) is 0 Å². The number of carbonyl (C=O) groups is 2. The van der Waals surface area contributed by atoms with E-state index in [4.69, 9.17) is 16.3 Å². The number of aromatic nitrogens is 1. The van der Waals surface area contributed by atoms with Gasteiger partial charge in [0.2, 0.25) is 0 Å². The highest BCUT2D eigenvalue weighted by molar-refractivity contribution is 6.31. The average molecular weight is 415 g/mol. The SMILES string of the molecule is COC(=O)CNn1c(C(=O)OC)c(-c2ccc(C)cc2)c2cc(Cl)ccc2c1=O. The largest absolute Gasteiger partial charge is 0.468 e. The Morgan fingerprint density at radius 2 is 1.72 bits per heavy atom. The second-order valence-corrected chi connectivity index (χ2v) is 6.76. The van der Waals surface area contributed by atoms with Crippen LogP contribution in [-0.4, -0.2) is 37.4 Å². The molecule has 0 radical (unpaired) electrons. The van der Waals surface area contributed by atoms with Gasteiger partial charge < -0.3 is 14.9 Å². The van der Waals surface area contributed by atoms with Crippen LogP contribution in [0.15, 0.2) is 47.3 Å². The number of nitrogens with one attached hydrogen (secondary N) is 1. The van der Waals surface area contributed by atoms with E-state index in [1.807, 2.05) is 31.2 Å². The van der Waals surface area contributed by atoms with Gasteiger partial charge in [-0.25, -0.2) is 9.47 Å². The van der Waals surface area contributed by atoms with E-state index in [2.05, 4.69) is 10.2 Å². The number of aryl methyl sites for hydroxylation is 1. The van der Waals surface area contributed by atoms with Gasteiger partial charge in [0.25, 0.3) is 5.56 Å². The molecule has 0 saturated heterocycles. The summed E-state index contributed by atoms with van der Waals surface area (Å²) in [7, 11) is 2.45. The summed E-state index contributed by atoms with van der Waals surface area (Å²) in [6, 6.07) is 12.3. The van der Waals surface area contributed by atoms with Gasteiger partial charge in [-0.3, -0.25) is 9.59 Å². The van der Waals surface area contributed by atoms with Gasteiger partial charge in [0, 0.05) is 16.0 Å². The van der Waals surface area contributed by atoms with Crippen LogP contribution in [0.2, 0.25) is 5.02 Å². The molecule has 0 amide bonds. The highest BCUT2D eigenvalue weighted by Gasteiger charge is 2.24. The van der Waals surface area contributed by atoms with Crippen LogP contribution in [0.3, 0.4) is 0 Å². The van der Waals surface area contributed by atoms with Crippen LogP contribution in [0.25, 0.3) is 21.9 Å². The molecule has 0 spiro atoms. The number of halogens is 1. The van der Waals surface area contributed by atoms with Gasteiger partial charge in [-0.1, -0.05) is 41.4 Å². The first-order valence-corrected chi connectivity index (χ1v) is 9.09. The molecule has 29 heavy (non-hydrogen) atoms. The lowest BCUT2D eigenvalue weighted by Crippen LogP contribution is -2.37. The van der Waals surface area contributed by atoms with Crippen LogP contribution >= 0.6 is 11.6 Å². The summed E-state index contributed by atoms with van der Waals surface area (Å²) in [6.45, 7) is 1.63. The highest BCUT2D eigenvalue weighted by Crippen LogP contribution is 2.32. The zero-order valence-electron chi connectivity index (χ0n) is 16.1. The van der Waals surface area contributed by atoms with E-state index < -0.39 is 17.5 Å². The normalized spacial score (nSPS) is 10.6. The number of rotatable bonds is 5. The fourth-order valence-corrected chi connectivity index (χ4v) is 3.21. The molecule has 0 bridgehead atoms. The maximum absolute atomic E-state index is 13.1. The second-order valence-electron chi connectivity index (χ2n) is 6.32. The van der Waals surface area contributed by atoms with Crippen molar-refractivity contribution in [3.63, 3.8) is 0 Å². The van der Waals surface area contributed by atoms with Gasteiger partial charge in [0.05, 0.1) is 14.2 Å². The fourth-order valence-electron chi connectivity index (χ4n) is 3.04. The van der Waals surface area contributed by atoms with Gasteiger partial charge in [-0.2, -0.15) is 0 Å². The molecule has 0 saturated carbocycles. The molecule has 2 aromatic carbocycles. The van der Waals surface area contributed by atoms with Crippen molar-refractivity contribution in [3.8, 4) is 11.1 Å². The van der Waals surface area contributed by atoms with Crippen molar-refractivity contribution in [1.82, 2.24) is 4.68 Å². The number of hydrogen-bond acceptors (Lipinski definition) is 6. The molecular formula is C21H19ClN2O5. The maximum atomic E-state index is 13.1. The van der Waals surface area contributed by atoms with E-state index in [-0.39, 0.29) is 12.2 Å². The summed E-state index contributed by atoms with van der Waals surface area (Å²) < 4.78 is 10.6. The van der Waals surface area contributed by atoms with E-state index in [9.17, 15) is 14.4 Å². The quantitative estimate of drug-likeness (QED) is 0.645. The number of carbonyl (C=O) groups excluding carboxylic acids is 2. The Labute approximate surface area is 171 Å². The topological polar surface area (TPSA) is 86.6 Å². The molecule has 3 rings (SSSR count). The summed E-state index contributed by atoms with van der Waals surface area (Å²) in [5.41, 5.74) is 4.30. The van der Waals surface area contributed by atoms with E-state index in [0.29, 0.717) is 26.9 Å². The third-order valence-electron chi connectivity index (χ3n) is 4.47. The molecule has 1 heterocycles. The molecule has 0 aliphatic rings. The first kappa shape index (κ1) is 20.4. The first-order valence-electron chi connectivity index (χ1n) is 8.71. The van der Waals surface area contributed by atoms with E-state index >= 15 is 0 Å². The van der Waals surface area contributed by atoms with Gasteiger partial charge in [0.15, 0.2) is 5.69 Å². The minimum absolute atomic E-state index is 0.0416. The molecule has 3 aromatic rings. The number of ether oxygens (including phenoxy) is 2. The first-order chi connectivity index (χ1) is 13.9. The molecule has 8 heteroatoms. The smallest absolute Gasteiger partial charge is 0.357 e. The van der Waals surface area contributed by atoms with Crippen molar-refractivity contribution >= 4 is 34.3 Å². The molecule has 0 atom stereocenters. The van der Waals surface area contributed by atoms with Crippen molar-refractivity contribution in [2.24, 2.45) is 0 Å². The highest BCUT2D eigenvalue weighted by atomic mass is 35.5. The minimum atomic E-state index is -0.739. The van der Waals surface area contributed by atoms with Crippen LogP contribution in [-0.2, 0) is 14.3 Å². The summed E-state index contributed by atoms with van der Waals surface area (Å²) in [6.07, 6.45) is 0. The molecule has 0 unspecified atom stereocenters. The monoisotopic (exact) mass is 414 g/mol. The number of benzene rings is 2. The van der Waals surface area contributed by atoms with Crippen molar-refractivity contribution in [2.45, 2.75) is 6.92 Å². The Morgan fingerprint density at radius 1 is 1.03 bits per heavy atom. The molecule has 0 aliphatic heterocycles. The lowest BCUT2D eigenvalue weighted by Gasteiger charge is -2.19. The summed E-state index contributed by atoms with van der Waals surface area (Å²) in [4.78, 5) is 37.5. The summed E-state index contributed by atoms with van der Waals surface area (Å²) in [5.74, 6) is -1.34. The van der Waals surface area contributed by atoms with Crippen LogP contribution < -0.4 is 11.0 Å². The molecule has 7 nitrogen and oxygen atoms in total. The van der Waals surface area contributed by atoms with Gasteiger partial charge >= 0.3 is 11.9 Å². The predicted octanol–water partition coefficient (Wildman–Crippen LogP) is 3.13. The third kappa shape index (κ3) is 3.95. The number of hydrogen-bond donors (Lipinski definition) is 1. The van der Waals surface area contributed by atoms with Crippen molar-refractivity contribution in [2.75, 3.05) is 26.2 Å². The average Bonchev–Trinajstić information content (AvgIpc) is 2.72. The molecule has 0 aliphatic carbocycles. The van der Waals surface area contributed by atoms with Crippen LogP contribution in [0.5, 0.6) is 0 Å². The molecule has 1 aromatic heterocycles. The number of nitrogens with zero attached hydrogens (tertiary/aromatic N) is 1. The van der Waals surface area contributed by atoms with E-state index in [0.717, 1.165) is 10.2 Å². The molecule has 1 N–H and O–H groups in total. The predicted molar refractivity (Wildman–Crippen MR) is 111 cm³/mol. The van der Waals surface area contributed by atoms with Gasteiger partial charge in [0.1, 0.15) is 6.54 Å². The number of pyridine rings is 1. The Balaban J connectivity index is 2.43. The van der Waals surface area contributed by atoms with Gasteiger partial charge in [-0.15, -0.1) is 0 Å². The summed E-state index contributed by atoms with van der Waals surface area (Å²) in [5, 5.41) is 1.25. The summed E-state index contributed by atoms with van der Waals surface area (Å²) >= 11 is 6.18. The van der Waals surface area contributed by atoms with E-state index in [1.54, 1.807) is 18.2 Å². The van der Waals surface area contributed by atoms with Crippen molar-refractivity contribution < 1.29 is 19.1 Å².